The number of piperidine rings is 1. The van der Waals surface area contributed by atoms with Crippen molar-refractivity contribution < 1.29 is 0 Å². The molecule has 1 heteroatoms. The van der Waals surface area contributed by atoms with Crippen LogP contribution in [-0.2, 0) is 0 Å². The summed E-state index contributed by atoms with van der Waals surface area (Å²) >= 11 is 0. The van der Waals surface area contributed by atoms with Gasteiger partial charge in [0.1, 0.15) is 0 Å². The Bertz CT molecular complexity index is 168. The number of hydrogen-bond donors (Lipinski definition) is 0. The monoisotopic (exact) mass is 153 g/mol. The van der Waals surface area contributed by atoms with Crippen molar-refractivity contribution in [1.82, 2.24) is 4.90 Å². The summed E-state index contributed by atoms with van der Waals surface area (Å²) in [5, 5.41) is 0. The fraction of sp³-hybridized carbons (Fsp3) is 1.00. The molecule has 1 nitrogen and oxygen atoms in total. The van der Waals surface area contributed by atoms with Crippen molar-refractivity contribution in [2.24, 2.45) is 11.8 Å². The maximum Gasteiger partial charge on any atom is 0.0128 e. The van der Waals surface area contributed by atoms with E-state index in [1.54, 1.807) is 0 Å². The quantitative estimate of drug-likeness (QED) is 0.515. The summed E-state index contributed by atoms with van der Waals surface area (Å²) in [6.45, 7) is 10.7. The van der Waals surface area contributed by atoms with Crippen LogP contribution in [0.5, 0.6) is 0 Å². The maximum atomic E-state index is 2.66. The Kier molecular flexibility index (Phi) is 1.39. The summed E-state index contributed by atoms with van der Waals surface area (Å²) in [7, 11) is 0. The van der Waals surface area contributed by atoms with Gasteiger partial charge in [0.05, 0.1) is 0 Å². The van der Waals surface area contributed by atoms with Crippen molar-refractivity contribution in [2.75, 3.05) is 6.54 Å². The van der Waals surface area contributed by atoms with Crippen molar-refractivity contribution in [3.05, 3.63) is 0 Å². The molecule has 2 fully saturated rings. The van der Waals surface area contributed by atoms with Crippen LogP contribution in [0.4, 0.5) is 0 Å². The third kappa shape index (κ3) is 1.10. The summed E-state index contributed by atoms with van der Waals surface area (Å²) in [5.74, 6) is 2.11. The van der Waals surface area contributed by atoms with E-state index in [0.717, 1.165) is 17.9 Å². The van der Waals surface area contributed by atoms with Gasteiger partial charge in [0.2, 0.25) is 0 Å². The van der Waals surface area contributed by atoms with Crippen molar-refractivity contribution in [3.8, 4) is 0 Å². The molecule has 0 aromatic carbocycles. The number of nitrogens with zero attached hydrogens (tertiary/aromatic N) is 1. The van der Waals surface area contributed by atoms with Crippen LogP contribution in [0.3, 0.4) is 0 Å². The number of hydrogen-bond acceptors (Lipinski definition) is 1. The van der Waals surface area contributed by atoms with Gasteiger partial charge in [-0.05, 0) is 46.0 Å². The zero-order chi connectivity index (χ0) is 8.22. The minimum absolute atomic E-state index is 0.396. The largest absolute Gasteiger partial charge is 0.295 e. The molecule has 11 heavy (non-hydrogen) atoms. The van der Waals surface area contributed by atoms with Crippen LogP contribution in [0, 0.1) is 11.8 Å². The van der Waals surface area contributed by atoms with E-state index in [2.05, 4.69) is 32.6 Å². The van der Waals surface area contributed by atoms with E-state index in [9.17, 15) is 0 Å². The molecule has 3 atom stereocenters. The van der Waals surface area contributed by atoms with E-state index in [4.69, 9.17) is 0 Å². The van der Waals surface area contributed by atoms with Gasteiger partial charge < -0.3 is 0 Å². The predicted molar refractivity (Wildman–Crippen MR) is 47.5 cm³/mol. The van der Waals surface area contributed by atoms with E-state index in [0.29, 0.717) is 5.54 Å². The topological polar surface area (TPSA) is 3.24 Å². The normalized spacial score (nSPS) is 44.2. The summed E-state index contributed by atoms with van der Waals surface area (Å²) in [6.07, 6.45) is 1.51. The highest BCUT2D eigenvalue weighted by molar-refractivity contribution is 5.05. The van der Waals surface area contributed by atoms with Gasteiger partial charge in [-0.15, -0.1) is 0 Å². The van der Waals surface area contributed by atoms with Gasteiger partial charge in [-0.2, -0.15) is 0 Å². The first-order valence-corrected chi connectivity index (χ1v) is 4.77. The first-order chi connectivity index (χ1) is 5.00. The van der Waals surface area contributed by atoms with Crippen molar-refractivity contribution >= 4 is 0 Å². The molecule has 2 aliphatic rings. The first kappa shape index (κ1) is 7.60. The summed E-state index contributed by atoms with van der Waals surface area (Å²) < 4.78 is 0. The first-order valence-electron chi connectivity index (χ1n) is 4.77. The molecular weight excluding hydrogens is 134 g/mol. The molecule has 1 saturated heterocycles. The highest BCUT2D eigenvalue weighted by Crippen LogP contribution is 2.51. The molecule has 0 bridgehead atoms. The lowest BCUT2D eigenvalue weighted by Crippen LogP contribution is -2.45. The second kappa shape index (κ2) is 2.01. The molecule has 1 aliphatic carbocycles. The SMILES string of the molecule is C[C@@H]1[C@@H]2C[C@@H]2CN1C(C)(C)C. The summed E-state index contributed by atoms with van der Waals surface area (Å²) in [6, 6.07) is 0.847. The van der Waals surface area contributed by atoms with Crippen LogP contribution in [0.2, 0.25) is 0 Å². The van der Waals surface area contributed by atoms with Crippen LogP contribution in [-0.4, -0.2) is 23.0 Å². The van der Waals surface area contributed by atoms with Crippen LogP contribution in [0.1, 0.15) is 34.1 Å². The minimum Gasteiger partial charge on any atom is -0.295 e. The highest BCUT2D eigenvalue weighted by Gasteiger charge is 2.52. The van der Waals surface area contributed by atoms with Gasteiger partial charge in [0.25, 0.3) is 0 Å². The van der Waals surface area contributed by atoms with E-state index < -0.39 is 0 Å². The smallest absolute Gasteiger partial charge is 0.0128 e. The maximum absolute atomic E-state index is 2.66. The molecule has 0 unspecified atom stereocenters. The Morgan fingerprint density at radius 2 is 1.91 bits per heavy atom. The van der Waals surface area contributed by atoms with Crippen LogP contribution >= 0.6 is 0 Å². The van der Waals surface area contributed by atoms with Gasteiger partial charge in [0, 0.05) is 18.1 Å². The zero-order valence-corrected chi connectivity index (χ0v) is 8.09. The predicted octanol–water partition coefficient (Wildman–Crippen LogP) is 2.13. The molecule has 0 amide bonds. The average molecular weight is 153 g/mol. The minimum atomic E-state index is 0.396. The molecule has 2 rings (SSSR count). The second-order valence-corrected chi connectivity index (χ2v) is 5.22. The lowest BCUT2D eigenvalue weighted by molar-refractivity contribution is 0.109. The van der Waals surface area contributed by atoms with E-state index in [1.807, 2.05) is 0 Å². The molecule has 1 aliphatic heterocycles. The van der Waals surface area contributed by atoms with Gasteiger partial charge >= 0.3 is 0 Å². The van der Waals surface area contributed by atoms with Gasteiger partial charge in [-0.3, -0.25) is 4.90 Å². The highest BCUT2D eigenvalue weighted by atomic mass is 15.3. The van der Waals surface area contributed by atoms with Gasteiger partial charge in [-0.25, -0.2) is 0 Å². The Hall–Kier alpha value is -0.0400. The second-order valence-electron chi connectivity index (χ2n) is 5.22. The zero-order valence-electron chi connectivity index (χ0n) is 8.09. The number of rotatable bonds is 0. The lowest BCUT2D eigenvalue weighted by Gasteiger charge is -2.37. The van der Waals surface area contributed by atoms with Crippen LogP contribution in [0.15, 0.2) is 0 Å². The van der Waals surface area contributed by atoms with E-state index in [-0.39, 0.29) is 0 Å². The molecule has 64 valence electrons. The third-order valence-corrected chi connectivity index (χ3v) is 3.38. The van der Waals surface area contributed by atoms with Gasteiger partial charge in [0.15, 0.2) is 0 Å². The fourth-order valence-corrected chi connectivity index (χ4v) is 2.61. The average Bonchev–Trinajstić information content (AvgIpc) is 2.52. The molecule has 0 aromatic heterocycles. The van der Waals surface area contributed by atoms with Crippen LogP contribution < -0.4 is 0 Å². The van der Waals surface area contributed by atoms with Crippen molar-refractivity contribution in [2.45, 2.75) is 45.7 Å². The Labute approximate surface area is 69.8 Å². The molecule has 1 saturated carbocycles. The molecule has 0 aromatic rings. The standard InChI is InChI=1S/C10H19N/c1-7-9-5-8(9)6-11(7)10(2,3)4/h7-9H,5-6H2,1-4H3/t7-,8-,9+/m1/s1. The molecular formula is C10H19N. The fourth-order valence-electron chi connectivity index (χ4n) is 2.61. The summed E-state index contributed by atoms with van der Waals surface area (Å²) in [4.78, 5) is 2.66. The van der Waals surface area contributed by atoms with Gasteiger partial charge in [-0.1, -0.05) is 0 Å². The lowest BCUT2D eigenvalue weighted by atomic mass is 10.0. The Balaban J connectivity index is 2.07. The van der Waals surface area contributed by atoms with Crippen molar-refractivity contribution in [1.29, 1.82) is 0 Å². The Morgan fingerprint density at radius 1 is 1.27 bits per heavy atom. The molecule has 0 spiro atoms. The van der Waals surface area contributed by atoms with E-state index in [1.165, 1.54) is 13.0 Å². The van der Waals surface area contributed by atoms with Crippen molar-refractivity contribution in [3.63, 3.8) is 0 Å². The molecule has 0 radical (unpaired) electrons. The van der Waals surface area contributed by atoms with Crippen LogP contribution in [0.25, 0.3) is 0 Å². The summed E-state index contributed by atoms with van der Waals surface area (Å²) in [5.41, 5.74) is 0.396. The molecule has 1 heterocycles. The third-order valence-electron chi connectivity index (χ3n) is 3.38. The Morgan fingerprint density at radius 3 is 2.18 bits per heavy atom. The number of fused-ring (bicyclic) bond motifs is 1. The van der Waals surface area contributed by atoms with E-state index >= 15 is 0 Å². The molecule has 0 N–H and O–H groups in total. The number of likely N-dealkylation sites (tertiary alicyclic amines) is 1.